The number of hydrogen-bond donors (Lipinski definition) is 0. The minimum Gasteiger partial charge on any atom is -0.448 e. The highest BCUT2D eigenvalue weighted by Gasteiger charge is 2.43. The van der Waals surface area contributed by atoms with E-state index in [4.69, 9.17) is 9.57 Å². The number of carbonyl (C=O) groups excluding carboxylic acids is 4. The van der Waals surface area contributed by atoms with Crippen molar-refractivity contribution < 1.29 is 28.8 Å². The maximum Gasteiger partial charge on any atom is 0.411 e. The molecule has 9 heteroatoms. The summed E-state index contributed by atoms with van der Waals surface area (Å²) in [5.41, 5.74) is 4.75. The number of carbonyl (C=O) groups is 4. The molecule has 36 heavy (non-hydrogen) atoms. The molecule has 0 bridgehead atoms. The van der Waals surface area contributed by atoms with Gasteiger partial charge in [0, 0.05) is 11.7 Å². The van der Waals surface area contributed by atoms with Crippen molar-refractivity contribution in [1.82, 2.24) is 9.96 Å². The predicted octanol–water partition coefficient (Wildman–Crippen LogP) is 4.06. The second kappa shape index (κ2) is 8.83. The quantitative estimate of drug-likeness (QED) is 0.499. The van der Waals surface area contributed by atoms with E-state index in [-0.39, 0.29) is 35.3 Å². The van der Waals surface area contributed by atoms with Crippen LogP contribution in [0.1, 0.15) is 37.8 Å². The third kappa shape index (κ3) is 3.54. The maximum absolute atomic E-state index is 13.0. The van der Waals surface area contributed by atoms with E-state index in [1.807, 2.05) is 36.4 Å². The third-order valence-electron chi connectivity index (χ3n) is 6.66. The molecule has 8 nitrogen and oxygen atoms in total. The lowest BCUT2D eigenvalue weighted by atomic mass is 9.98. The van der Waals surface area contributed by atoms with Gasteiger partial charge >= 0.3 is 12.1 Å². The first-order valence-electron chi connectivity index (χ1n) is 11.4. The highest BCUT2D eigenvalue weighted by Crippen LogP contribution is 2.44. The van der Waals surface area contributed by atoms with E-state index in [1.165, 1.54) is 28.8 Å². The van der Waals surface area contributed by atoms with Gasteiger partial charge in [0.25, 0.3) is 11.8 Å². The van der Waals surface area contributed by atoms with Crippen molar-refractivity contribution >= 4 is 35.6 Å². The number of rotatable bonds is 4. The van der Waals surface area contributed by atoms with Crippen molar-refractivity contribution in [3.05, 3.63) is 95.1 Å². The summed E-state index contributed by atoms with van der Waals surface area (Å²) in [5, 5.41) is 0.464. The summed E-state index contributed by atoms with van der Waals surface area (Å²) in [5.74, 6) is -1.88. The van der Waals surface area contributed by atoms with Crippen molar-refractivity contribution in [3.8, 4) is 11.1 Å². The van der Waals surface area contributed by atoms with Crippen molar-refractivity contribution in [3.63, 3.8) is 0 Å². The van der Waals surface area contributed by atoms with Gasteiger partial charge in [-0.2, -0.15) is 0 Å². The molecule has 1 aliphatic carbocycles. The van der Waals surface area contributed by atoms with Crippen LogP contribution in [-0.4, -0.2) is 58.1 Å². The smallest absolute Gasteiger partial charge is 0.411 e. The van der Waals surface area contributed by atoms with Crippen molar-refractivity contribution in [2.24, 2.45) is 0 Å². The Morgan fingerprint density at radius 1 is 0.806 bits per heavy atom. The molecular formula is C27H20N2O6S. The monoisotopic (exact) mass is 500 g/mol. The first kappa shape index (κ1) is 22.4. The van der Waals surface area contributed by atoms with E-state index in [1.54, 1.807) is 12.1 Å². The minimum atomic E-state index is -0.977. The molecule has 1 atom stereocenters. The number of fused-ring (bicyclic) bond motifs is 4. The van der Waals surface area contributed by atoms with Crippen LogP contribution in [0.15, 0.2) is 72.8 Å². The van der Waals surface area contributed by atoms with Gasteiger partial charge in [0.2, 0.25) is 0 Å². The molecular weight excluding hydrogens is 480 g/mol. The van der Waals surface area contributed by atoms with Crippen LogP contribution in [0.2, 0.25) is 0 Å². The zero-order valence-corrected chi connectivity index (χ0v) is 19.8. The molecule has 3 amide bonds. The Morgan fingerprint density at radius 3 is 1.92 bits per heavy atom. The topological polar surface area (TPSA) is 93.2 Å². The van der Waals surface area contributed by atoms with Gasteiger partial charge in [0.1, 0.15) is 12.6 Å². The Labute approximate surface area is 210 Å². The summed E-state index contributed by atoms with van der Waals surface area (Å²) < 4.78 is 5.69. The van der Waals surface area contributed by atoms with Crippen LogP contribution in [0, 0.1) is 0 Å². The number of ether oxygens (including phenoxy) is 1. The van der Waals surface area contributed by atoms with Crippen molar-refractivity contribution in [1.29, 1.82) is 0 Å². The van der Waals surface area contributed by atoms with Crippen LogP contribution in [0.3, 0.4) is 0 Å². The Morgan fingerprint density at radius 2 is 1.33 bits per heavy atom. The van der Waals surface area contributed by atoms with Crippen LogP contribution in [0.5, 0.6) is 0 Å². The fourth-order valence-electron chi connectivity index (χ4n) is 4.90. The number of benzene rings is 3. The molecule has 0 saturated carbocycles. The number of imide groups is 1. The number of hydroxylamine groups is 2. The summed E-state index contributed by atoms with van der Waals surface area (Å²) in [4.78, 5) is 57.5. The van der Waals surface area contributed by atoms with E-state index in [2.05, 4.69) is 12.1 Å². The van der Waals surface area contributed by atoms with Crippen molar-refractivity contribution in [2.45, 2.75) is 12.0 Å². The molecule has 1 saturated heterocycles. The Bertz CT molecular complexity index is 1340. The third-order valence-corrected chi connectivity index (χ3v) is 7.68. The molecule has 2 heterocycles. The molecule has 0 radical (unpaired) electrons. The molecule has 0 unspecified atom stereocenters. The van der Waals surface area contributed by atoms with Crippen LogP contribution >= 0.6 is 11.8 Å². The fraction of sp³-hybridized carbons (Fsp3) is 0.185. The summed E-state index contributed by atoms with van der Waals surface area (Å²) in [6.07, 6.45) is -0.647. The molecule has 1 fully saturated rings. The SMILES string of the molecule is O=C(ON1C(=O)c2ccccc2C1=O)[C@@H]1CSCN1C(=O)OCC1c2ccccc2-c2ccccc21. The zero-order chi connectivity index (χ0) is 24.8. The van der Waals surface area contributed by atoms with Gasteiger partial charge in [-0.05, 0) is 34.4 Å². The summed E-state index contributed by atoms with van der Waals surface area (Å²) in [6.45, 7) is 0.119. The number of hydrogen-bond acceptors (Lipinski definition) is 7. The van der Waals surface area contributed by atoms with Gasteiger partial charge in [-0.15, -0.1) is 11.8 Å². The van der Waals surface area contributed by atoms with E-state index in [0.29, 0.717) is 5.06 Å². The lowest BCUT2D eigenvalue weighted by molar-refractivity contribution is -0.172. The summed E-state index contributed by atoms with van der Waals surface area (Å²) in [6, 6.07) is 21.3. The van der Waals surface area contributed by atoms with E-state index in [9.17, 15) is 19.2 Å². The average Bonchev–Trinajstić information content (AvgIpc) is 3.59. The molecule has 2 aliphatic heterocycles. The van der Waals surface area contributed by atoms with Crippen LogP contribution in [-0.2, 0) is 14.4 Å². The average molecular weight is 501 g/mol. The van der Waals surface area contributed by atoms with E-state index >= 15 is 0 Å². The Balaban J connectivity index is 1.14. The highest BCUT2D eigenvalue weighted by atomic mass is 32.2. The Hall–Kier alpha value is -4.11. The van der Waals surface area contributed by atoms with Gasteiger partial charge < -0.3 is 9.57 Å². The molecule has 0 spiro atoms. The van der Waals surface area contributed by atoms with Crippen LogP contribution in [0.4, 0.5) is 4.79 Å². The van der Waals surface area contributed by atoms with Crippen LogP contribution in [0.25, 0.3) is 11.1 Å². The number of amides is 3. The summed E-state index contributed by atoms with van der Waals surface area (Å²) in [7, 11) is 0. The van der Waals surface area contributed by atoms with E-state index in [0.717, 1.165) is 22.3 Å². The fourth-order valence-corrected chi connectivity index (χ4v) is 6.02. The largest absolute Gasteiger partial charge is 0.448 e. The maximum atomic E-state index is 13.0. The molecule has 0 N–H and O–H groups in total. The number of nitrogens with zero attached hydrogens (tertiary/aromatic N) is 2. The molecule has 3 aromatic carbocycles. The molecule has 3 aromatic rings. The van der Waals surface area contributed by atoms with Crippen molar-refractivity contribution in [2.75, 3.05) is 18.2 Å². The normalized spacial score (nSPS) is 18.2. The predicted molar refractivity (Wildman–Crippen MR) is 131 cm³/mol. The molecule has 180 valence electrons. The lowest BCUT2D eigenvalue weighted by Crippen LogP contribution is -2.46. The van der Waals surface area contributed by atoms with Gasteiger partial charge in [-0.25, -0.2) is 9.59 Å². The van der Waals surface area contributed by atoms with Gasteiger partial charge in [-0.1, -0.05) is 65.7 Å². The van der Waals surface area contributed by atoms with Gasteiger partial charge in [-0.3, -0.25) is 14.5 Å². The van der Waals surface area contributed by atoms with Gasteiger partial charge in [0.15, 0.2) is 0 Å². The standard InChI is InChI=1S/C27H20N2O6S/c30-24-20-11-5-6-12-21(20)25(31)29(24)35-26(32)23-14-36-15-28(23)27(33)34-13-22-18-9-3-1-7-16(18)17-8-2-4-10-19(17)22/h1-12,22-23H,13-15H2/t23-/m0/s1. The van der Waals surface area contributed by atoms with Gasteiger partial charge in [0.05, 0.1) is 17.0 Å². The highest BCUT2D eigenvalue weighted by molar-refractivity contribution is 7.99. The second-order valence-electron chi connectivity index (χ2n) is 8.65. The molecule has 0 aromatic heterocycles. The summed E-state index contributed by atoms with van der Waals surface area (Å²) >= 11 is 1.36. The molecule has 3 aliphatic rings. The molecule has 6 rings (SSSR count). The van der Waals surface area contributed by atoms with E-state index < -0.39 is 29.9 Å². The second-order valence-corrected chi connectivity index (χ2v) is 9.65. The lowest BCUT2D eigenvalue weighted by Gasteiger charge is -2.24. The first-order chi connectivity index (χ1) is 17.5. The Kier molecular flexibility index (Phi) is 5.49. The van der Waals surface area contributed by atoms with Crippen LogP contribution < -0.4 is 0 Å². The minimum absolute atomic E-state index is 0.111. The first-order valence-corrected chi connectivity index (χ1v) is 12.6. The number of thioether (sulfide) groups is 1. The zero-order valence-electron chi connectivity index (χ0n) is 19.0.